The van der Waals surface area contributed by atoms with E-state index in [1.54, 1.807) is 11.8 Å². The lowest BCUT2D eigenvalue weighted by Crippen LogP contribution is -2.49. The van der Waals surface area contributed by atoms with Gasteiger partial charge in [0.1, 0.15) is 0 Å². The molecule has 0 aliphatic carbocycles. The van der Waals surface area contributed by atoms with Crippen LogP contribution in [-0.4, -0.2) is 55.2 Å². The molecule has 88 valence electrons. The first-order valence-corrected chi connectivity index (χ1v) is 6.67. The number of nitrogens with two attached hydrogens (primary N) is 1. The standard InChI is InChI=1S/C10H20N2O2S/c1-8(7-15-2)10(13)12-3-4-14-9(5-11)6-12/h8-9H,3-7,11H2,1-2H3. The Morgan fingerprint density at radius 1 is 1.73 bits per heavy atom. The fourth-order valence-corrected chi connectivity index (χ4v) is 2.34. The summed E-state index contributed by atoms with van der Waals surface area (Å²) in [5, 5.41) is 0. The third kappa shape index (κ3) is 3.66. The van der Waals surface area contributed by atoms with Gasteiger partial charge in [-0.1, -0.05) is 6.92 Å². The lowest BCUT2D eigenvalue weighted by Gasteiger charge is -2.33. The van der Waals surface area contributed by atoms with Gasteiger partial charge in [0, 0.05) is 31.3 Å². The Morgan fingerprint density at radius 2 is 2.47 bits per heavy atom. The maximum Gasteiger partial charge on any atom is 0.226 e. The van der Waals surface area contributed by atoms with Crippen LogP contribution in [0.3, 0.4) is 0 Å². The van der Waals surface area contributed by atoms with Crippen LogP contribution >= 0.6 is 11.8 Å². The Balaban J connectivity index is 2.44. The van der Waals surface area contributed by atoms with Crippen molar-refractivity contribution in [3.05, 3.63) is 0 Å². The summed E-state index contributed by atoms with van der Waals surface area (Å²) >= 11 is 1.71. The number of nitrogens with zero attached hydrogens (tertiary/aromatic N) is 1. The number of morpholine rings is 1. The smallest absolute Gasteiger partial charge is 0.226 e. The van der Waals surface area contributed by atoms with Gasteiger partial charge in [0.15, 0.2) is 0 Å². The molecule has 5 heteroatoms. The van der Waals surface area contributed by atoms with Crippen LogP contribution < -0.4 is 5.73 Å². The fraction of sp³-hybridized carbons (Fsp3) is 0.900. The summed E-state index contributed by atoms with van der Waals surface area (Å²) in [5.41, 5.74) is 5.53. The molecule has 1 saturated heterocycles. The van der Waals surface area contributed by atoms with Crippen molar-refractivity contribution in [2.45, 2.75) is 13.0 Å². The number of thioether (sulfide) groups is 1. The van der Waals surface area contributed by atoms with E-state index in [2.05, 4.69) is 0 Å². The topological polar surface area (TPSA) is 55.6 Å². The molecule has 15 heavy (non-hydrogen) atoms. The molecular formula is C10H20N2O2S. The van der Waals surface area contributed by atoms with Gasteiger partial charge in [-0.15, -0.1) is 0 Å². The zero-order chi connectivity index (χ0) is 11.3. The predicted octanol–water partition coefficient (Wildman–Crippen LogP) is 0.172. The van der Waals surface area contributed by atoms with Gasteiger partial charge in [0.05, 0.1) is 12.7 Å². The highest BCUT2D eigenvalue weighted by atomic mass is 32.2. The highest BCUT2D eigenvalue weighted by Gasteiger charge is 2.26. The number of ether oxygens (including phenoxy) is 1. The quantitative estimate of drug-likeness (QED) is 0.751. The minimum atomic E-state index is 0.0178. The minimum absolute atomic E-state index is 0.0178. The van der Waals surface area contributed by atoms with Crippen LogP contribution in [0.5, 0.6) is 0 Å². The van der Waals surface area contributed by atoms with Gasteiger partial charge < -0.3 is 15.4 Å². The van der Waals surface area contributed by atoms with Gasteiger partial charge in [0.25, 0.3) is 0 Å². The summed E-state index contributed by atoms with van der Waals surface area (Å²) in [6.45, 7) is 4.42. The van der Waals surface area contributed by atoms with E-state index in [1.807, 2.05) is 18.1 Å². The molecule has 0 bridgehead atoms. The van der Waals surface area contributed by atoms with Crippen LogP contribution in [0.15, 0.2) is 0 Å². The molecule has 2 N–H and O–H groups in total. The van der Waals surface area contributed by atoms with Crippen molar-refractivity contribution in [1.82, 2.24) is 4.90 Å². The maximum atomic E-state index is 12.0. The van der Waals surface area contributed by atoms with Crippen molar-refractivity contribution in [1.29, 1.82) is 0 Å². The molecular weight excluding hydrogens is 212 g/mol. The molecule has 1 rings (SSSR count). The van der Waals surface area contributed by atoms with Crippen LogP contribution in [-0.2, 0) is 9.53 Å². The average molecular weight is 232 g/mol. The summed E-state index contributed by atoms with van der Waals surface area (Å²) in [4.78, 5) is 13.8. The van der Waals surface area contributed by atoms with Crippen molar-refractivity contribution in [3.8, 4) is 0 Å². The van der Waals surface area contributed by atoms with Crippen molar-refractivity contribution >= 4 is 17.7 Å². The van der Waals surface area contributed by atoms with Crippen LogP contribution in [0, 0.1) is 5.92 Å². The molecule has 0 aromatic carbocycles. The number of hydrogen-bond acceptors (Lipinski definition) is 4. The minimum Gasteiger partial charge on any atom is -0.373 e. The van der Waals surface area contributed by atoms with Crippen molar-refractivity contribution in [2.75, 3.05) is 38.2 Å². The largest absolute Gasteiger partial charge is 0.373 e. The van der Waals surface area contributed by atoms with E-state index in [0.29, 0.717) is 26.2 Å². The summed E-state index contributed by atoms with van der Waals surface area (Å²) in [6, 6.07) is 0. The van der Waals surface area contributed by atoms with Crippen LogP contribution in [0.2, 0.25) is 0 Å². The lowest BCUT2D eigenvalue weighted by atomic mass is 10.1. The Bertz CT molecular complexity index is 214. The summed E-state index contributed by atoms with van der Waals surface area (Å²) in [5.74, 6) is 1.20. The second-order valence-electron chi connectivity index (χ2n) is 3.87. The predicted molar refractivity (Wildman–Crippen MR) is 62.9 cm³/mol. The molecule has 1 amide bonds. The van der Waals surface area contributed by atoms with Gasteiger partial charge in [-0.2, -0.15) is 11.8 Å². The molecule has 0 radical (unpaired) electrons. The Kier molecular flexibility index (Phi) is 5.42. The summed E-state index contributed by atoms with van der Waals surface area (Å²) in [7, 11) is 0. The Morgan fingerprint density at radius 3 is 3.07 bits per heavy atom. The van der Waals surface area contributed by atoms with E-state index in [0.717, 1.165) is 5.75 Å². The third-order valence-electron chi connectivity index (χ3n) is 2.55. The first kappa shape index (κ1) is 12.8. The molecule has 0 aromatic heterocycles. The molecule has 1 aliphatic rings. The van der Waals surface area contributed by atoms with Crippen LogP contribution in [0.4, 0.5) is 0 Å². The molecule has 0 spiro atoms. The van der Waals surface area contributed by atoms with E-state index < -0.39 is 0 Å². The highest BCUT2D eigenvalue weighted by Crippen LogP contribution is 2.12. The SMILES string of the molecule is CSCC(C)C(=O)N1CCOC(CN)C1. The second kappa shape index (κ2) is 6.35. The normalized spacial score (nSPS) is 23.9. The third-order valence-corrected chi connectivity index (χ3v) is 3.38. The van der Waals surface area contributed by atoms with Crippen molar-refractivity contribution < 1.29 is 9.53 Å². The van der Waals surface area contributed by atoms with E-state index in [-0.39, 0.29) is 17.9 Å². The van der Waals surface area contributed by atoms with Crippen LogP contribution in [0.25, 0.3) is 0 Å². The fourth-order valence-electron chi connectivity index (χ4n) is 1.70. The molecule has 1 heterocycles. The molecule has 2 atom stereocenters. The lowest BCUT2D eigenvalue weighted by molar-refractivity contribution is -0.141. The molecule has 4 nitrogen and oxygen atoms in total. The summed E-state index contributed by atoms with van der Waals surface area (Å²) < 4.78 is 5.42. The number of amides is 1. The molecule has 0 aromatic rings. The monoisotopic (exact) mass is 232 g/mol. The number of carbonyl (C=O) groups excluding carboxylic acids is 1. The van der Waals surface area contributed by atoms with Gasteiger partial charge >= 0.3 is 0 Å². The van der Waals surface area contributed by atoms with Crippen molar-refractivity contribution in [2.24, 2.45) is 11.7 Å². The van der Waals surface area contributed by atoms with Gasteiger partial charge in [0.2, 0.25) is 5.91 Å². The molecule has 2 unspecified atom stereocenters. The van der Waals surface area contributed by atoms with Gasteiger partial charge in [-0.25, -0.2) is 0 Å². The van der Waals surface area contributed by atoms with Gasteiger partial charge in [-0.05, 0) is 6.26 Å². The molecule has 1 aliphatic heterocycles. The number of carbonyl (C=O) groups is 1. The second-order valence-corrected chi connectivity index (χ2v) is 4.78. The van der Waals surface area contributed by atoms with Crippen LogP contribution in [0.1, 0.15) is 6.92 Å². The van der Waals surface area contributed by atoms with E-state index in [9.17, 15) is 4.79 Å². The van der Waals surface area contributed by atoms with E-state index in [1.165, 1.54) is 0 Å². The first-order valence-electron chi connectivity index (χ1n) is 5.28. The van der Waals surface area contributed by atoms with Crippen molar-refractivity contribution in [3.63, 3.8) is 0 Å². The number of rotatable bonds is 4. The average Bonchev–Trinajstić information content (AvgIpc) is 2.28. The Labute approximate surface area is 95.5 Å². The zero-order valence-electron chi connectivity index (χ0n) is 9.44. The molecule has 1 fully saturated rings. The van der Waals surface area contributed by atoms with Gasteiger partial charge in [-0.3, -0.25) is 4.79 Å². The highest BCUT2D eigenvalue weighted by molar-refractivity contribution is 7.98. The maximum absolute atomic E-state index is 12.0. The Hall–Kier alpha value is -0.260. The van der Waals surface area contributed by atoms with E-state index >= 15 is 0 Å². The zero-order valence-corrected chi connectivity index (χ0v) is 10.3. The first-order chi connectivity index (χ1) is 7.19. The number of hydrogen-bond donors (Lipinski definition) is 1. The van der Waals surface area contributed by atoms with E-state index in [4.69, 9.17) is 10.5 Å². The summed E-state index contributed by atoms with van der Waals surface area (Å²) in [6.07, 6.45) is 2.04. The molecule has 0 saturated carbocycles.